The SMILES string of the molecule is Cc1ccc(S(=O)(=O)N(CC(=O)N(Cc2ccc(Cl)cc2Cl)[C@@H](C)C(=O)NCC(C)C)c2ccccc2F)cc1. The molecule has 3 aromatic carbocycles. The summed E-state index contributed by atoms with van der Waals surface area (Å²) in [5.74, 6) is -1.80. The maximum Gasteiger partial charge on any atom is 0.264 e. The van der Waals surface area contributed by atoms with Gasteiger partial charge in [0, 0.05) is 23.1 Å². The van der Waals surface area contributed by atoms with E-state index in [-0.39, 0.29) is 28.1 Å². The highest BCUT2D eigenvalue weighted by atomic mass is 35.5. The van der Waals surface area contributed by atoms with Gasteiger partial charge in [0.1, 0.15) is 18.4 Å². The number of benzene rings is 3. The van der Waals surface area contributed by atoms with E-state index in [0.717, 1.165) is 15.9 Å². The van der Waals surface area contributed by atoms with Gasteiger partial charge >= 0.3 is 0 Å². The molecule has 0 bridgehead atoms. The molecular weight excluding hydrogens is 576 g/mol. The van der Waals surface area contributed by atoms with Gasteiger partial charge in [-0.25, -0.2) is 12.8 Å². The lowest BCUT2D eigenvalue weighted by atomic mass is 10.1. The molecular formula is C29H32Cl2FN3O4S. The lowest BCUT2D eigenvalue weighted by Crippen LogP contribution is -2.51. The van der Waals surface area contributed by atoms with Gasteiger partial charge in [0.25, 0.3) is 10.0 Å². The van der Waals surface area contributed by atoms with Gasteiger partial charge in [0.15, 0.2) is 0 Å². The van der Waals surface area contributed by atoms with Gasteiger partial charge in [-0.1, -0.05) is 72.9 Å². The first kappa shape index (κ1) is 31.4. The Morgan fingerprint density at radius 3 is 2.23 bits per heavy atom. The lowest BCUT2D eigenvalue weighted by Gasteiger charge is -2.32. The number of aryl methyl sites for hydroxylation is 1. The number of para-hydroxylation sites is 1. The Morgan fingerprint density at radius 1 is 0.975 bits per heavy atom. The van der Waals surface area contributed by atoms with Gasteiger partial charge in [-0.2, -0.15) is 0 Å². The highest BCUT2D eigenvalue weighted by Crippen LogP contribution is 2.28. The van der Waals surface area contributed by atoms with Crippen molar-refractivity contribution >= 4 is 50.7 Å². The fourth-order valence-corrected chi connectivity index (χ4v) is 5.76. The molecule has 0 aliphatic rings. The molecule has 11 heteroatoms. The average Bonchev–Trinajstić information content (AvgIpc) is 2.90. The standard InChI is InChI=1S/C29H32Cl2FN3O4S/c1-19(2)16-33-29(37)21(4)34(17-22-11-12-23(30)15-25(22)31)28(36)18-35(27-8-6-5-7-26(27)32)40(38,39)24-13-9-20(3)10-14-24/h5-15,19,21H,16-18H2,1-4H3,(H,33,37)/t21-/m0/s1. The minimum absolute atomic E-state index is 0.107. The molecule has 0 saturated carbocycles. The van der Waals surface area contributed by atoms with Crippen molar-refractivity contribution in [2.24, 2.45) is 5.92 Å². The van der Waals surface area contributed by atoms with Crippen LogP contribution in [0.5, 0.6) is 0 Å². The molecule has 0 unspecified atom stereocenters. The van der Waals surface area contributed by atoms with Crippen LogP contribution in [0.3, 0.4) is 0 Å². The molecule has 1 N–H and O–H groups in total. The average molecular weight is 609 g/mol. The molecule has 1 atom stereocenters. The minimum Gasteiger partial charge on any atom is -0.354 e. The fraction of sp³-hybridized carbons (Fsp3) is 0.310. The van der Waals surface area contributed by atoms with Crippen LogP contribution >= 0.6 is 23.2 Å². The van der Waals surface area contributed by atoms with Crippen molar-refractivity contribution in [3.63, 3.8) is 0 Å². The van der Waals surface area contributed by atoms with Gasteiger partial charge < -0.3 is 10.2 Å². The predicted octanol–water partition coefficient (Wildman–Crippen LogP) is 5.83. The van der Waals surface area contributed by atoms with Gasteiger partial charge in [-0.05, 0) is 61.7 Å². The Bertz CT molecular complexity index is 1470. The second-order valence-corrected chi connectivity index (χ2v) is 12.6. The number of nitrogens with zero attached hydrogens (tertiary/aromatic N) is 2. The van der Waals surface area contributed by atoms with Gasteiger partial charge in [-0.3, -0.25) is 13.9 Å². The van der Waals surface area contributed by atoms with E-state index in [1.54, 1.807) is 38.1 Å². The first-order chi connectivity index (χ1) is 18.8. The highest BCUT2D eigenvalue weighted by molar-refractivity contribution is 7.92. The van der Waals surface area contributed by atoms with Crippen LogP contribution < -0.4 is 9.62 Å². The number of carbonyl (C=O) groups is 2. The zero-order valence-electron chi connectivity index (χ0n) is 22.7. The van der Waals surface area contributed by atoms with E-state index in [1.807, 2.05) is 13.8 Å². The highest BCUT2D eigenvalue weighted by Gasteiger charge is 2.33. The minimum atomic E-state index is -4.37. The molecule has 7 nitrogen and oxygen atoms in total. The van der Waals surface area contributed by atoms with Crippen LogP contribution in [0.1, 0.15) is 31.9 Å². The Hall–Kier alpha value is -3.14. The summed E-state index contributed by atoms with van der Waals surface area (Å²) < 4.78 is 43.2. The topological polar surface area (TPSA) is 86.8 Å². The molecule has 0 heterocycles. The summed E-state index contributed by atoms with van der Waals surface area (Å²) in [6, 6.07) is 15.1. The van der Waals surface area contributed by atoms with E-state index in [4.69, 9.17) is 23.2 Å². The van der Waals surface area contributed by atoms with Crippen molar-refractivity contribution in [2.75, 3.05) is 17.4 Å². The molecule has 0 fully saturated rings. The van der Waals surface area contributed by atoms with Crippen LogP contribution in [0.4, 0.5) is 10.1 Å². The van der Waals surface area contributed by atoms with E-state index < -0.39 is 40.2 Å². The number of hydrogen-bond donors (Lipinski definition) is 1. The number of sulfonamides is 1. The van der Waals surface area contributed by atoms with Gasteiger partial charge in [0.05, 0.1) is 10.6 Å². The van der Waals surface area contributed by atoms with E-state index in [9.17, 15) is 22.4 Å². The number of halogens is 3. The molecule has 3 rings (SSSR count). The van der Waals surface area contributed by atoms with Gasteiger partial charge in [-0.15, -0.1) is 0 Å². The maximum atomic E-state index is 15.0. The monoisotopic (exact) mass is 607 g/mol. The quantitative estimate of drug-likeness (QED) is 0.297. The smallest absolute Gasteiger partial charge is 0.264 e. The summed E-state index contributed by atoms with van der Waals surface area (Å²) in [6.07, 6.45) is 0. The van der Waals surface area contributed by atoms with Crippen molar-refractivity contribution < 1.29 is 22.4 Å². The predicted molar refractivity (Wildman–Crippen MR) is 156 cm³/mol. The Kier molecular flexibility index (Phi) is 10.6. The number of rotatable bonds is 11. The molecule has 0 aliphatic heterocycles. The number of anilines is 1. The summed E-state index contributed by atoms with van der Waals surface area (Å²) in [5.41, 5.74) is 1.04. The Balaban J connectivity index is 2.05. The second-order valence-electron chi connectivity index (χ2n) is 9.85. The van der Waals surface area contributed by atoms with E-state index >= 15 is 0 Å². The molecule has 0 aliphatic carbocycles. The molecule has 3 aromatic rings. The molecule has 0 radical (unpaired) electrons. The largest absolute Gasteiger partial charge is 0.354 e. The van der Waals surface area contributed by atoms with E-state index in [1.165, 1.54) is 41.3 Å². The van der Waals surface area contributed by atoms with Crippen LogP contribution in [0.2, 0.25) is 10.0 Å². The molecule has 0 saturated heterocycles. The molecule has 0 aromatic heterocycles. The normalized spacial score (nSPS) is 12.2. The summed E-state index contributed by atoms with van der Waals surface area (Å²) in [6.45, 7) is 6.73. The zero-order chi connectivity index (χ0) is 29.6. The summed E-state index contributed by atoms with van der Waals surface area (Å²) in [7, 11) is -4.37. The number of hydrogen-bond acceptors (Lipinski definition) is 4. The zero-order valence-corrected chi connectivity index (χ0v) is 25.0. The van der Waals surface area contributed by atoms with Crippen LogP contribution in [-0.2, 0) is 26.2 Å². The third-order valence-corrected chi connectivity index (χ3v) is 8.58. The molecule has 0 spiro atoms. The van der Waals surface area contributed by atoms with E-state index in [2.05, 4.69) is 5.32 Å². The lowest BCUT2D eigenvalue weighted by molar-refractivity contribution is -0.139. The number of nitrogens with one attached hydrogen (secondary N) is 1. The maximum absolute atomic E-state index is 15.0. The Morgan fingerprint density at radius 2 is 1.62 bits per heavy atom. The van der Waals surface area contributed by atoms with Crippen molar-refractivity contribution in [1.29, 1.82) is 0 Å². The van der Waals surface area contributed by atoms with Crippen molar-refractivity contribution in [2.45, 2.75) is 45.2 Å². The van der Waals surface area contributed by atoms with E-state index in [0.29, 0.717) is 17.1 Å². The van der Waals surface area contributed by atoms with Crippen LogP contribution in [0.25, 0.3) is 0 Å². The summed E-state index contributed by atoms with van der Waals surface area (Å²) >= 11 is 12.4. The van der Waals surface area contributed by atoms with Crippen molar-refractivity contribution in [3.05, 3.63) is 93.7 Å². The van der Waals surface area contributed by atoms with Gasteiger partial charge in [0.2, 0.25) is 11.8 Å². The number of amides is 2. The van der Waals surface area contributed by atoms with Crippen LogP contribution in [-0.4, -0.2) is 44.3 Å². The fourth-order valence-electron chi connectivity index (χ4n) is 3.87. The summed E-state index contributed by atoms with van der Waals surface area (Å²) in [5, 5.41) is 3.47. The van der Waals surface area contributed by atoms with Crippen molar-refractivity contribution in [3.8, 4) is 0 Å². The first-order valence-corrected chi connectivity index (χ1v) is 14.9. The van der Waals surface area contributed by atoms with Crippen LogP contribution in [0.15, 0.2) is 71.6 Å². The third-order valence-electron chi connectivity index (χ3n) is 6.22. The molecule has 40 heavy (non-hydrogen) atoms. The number of carbonyl (C=O) groups excluding carboxylic acids is 2. The third kappa shape index (κ3) is 7.74. The first-order valence-electron chi connectivity index (χ1n) is 12.7. The van der Waals surface area contributed by atoms with Crippen LogP contribution in [0, 0.1) is 18.7 Å². The molecule has 214 valence electrons. The Labute approximate surface area is 244 Å². The van der Waals surface area contributed by atoms with Crippen molar-refractivity contribution in [1.82, 2.24) is 10.2 Å². The summed E-state index contributed by atoms with van der Waals surface area (Å²) in [4.78, 5) is 28.0. The second kappa shape index (κ2) is 13.5. The molecule has 2 amide bonds.